The van der Waals surface area contributed by atoms with Crippen molar-refractivity contribution in [3.05, 3.63) is 32.3 Å². The summed E-state index contributed by atoms with van der Waals surface area (Å²) in [5.74, 6) is -0.881. The summed E-state index contributed by atoms with van der Waals surface area (Å²) in [7, 11) is 0. The Kier molecular flexibility index (Phi) is 1.41. The average molecular weight is 144 g/mol. The number of hydrogen-bond donors (Lipinski definition) is 2. The van der Waals surface area contributed by atoms with Crippen molar-refractivity contribution in [2.24, 2.45) is 0 Å². The van der Waals surface area contributed by atoms with Gasteiger partial charge in [0.1, 0.15) is 0 Å². The predicted octanol–water partition coefficient (Wildman–Crippen LogP) is -0.489. The highest BCUT2D eigenvalue weighted by molar-refractivity contribution is 5.01. The first-order chi connectivity index (χ1) is 4.61. The van der Waals surface area contributed by atoms with Gasteiger partial charge in [0.15, 0.2) is 0 Å². The van der Waals surface area contributed by atoms with Crippen molar-refractivity contribution in [1.29, 1.82) is 0 Å². The molecule has 1 aromatic rings. The van der Waals surface area contributed by atoms with Crippen LogP contribution in [0.1, 0.15) is 5.56 Å². The Hall–Kier alpha value is -1.39. The zero-order valence-electron chi connectivity index (χ0n) is 5.19. The van der Waals surface area contributed by atoms with Crippen molar-refractivity contribution in [3.8, 4) is 0 Å². The third-order valence-electron chi connectivity index (χ3n) is 1.12. The third kappa shape index (κ3) is 0.975. The SMILES string of the molecule is Cc1c(F)[nH]c(=O)[nH]c1=O. The van der Waals surface area contributed by atoms with Crippen LogP contribution >= 0.6 is 0 Å². The Balaban J connectivity index is 3.62. The van der Waals surface area contributed by atoms with Crippen LogP contribution in [-0.4, -0.2) is 9.97 Å². The zero-order chi connectivity index (χ0) is 7.72. The van der Waals surface area contributed by atoms with Crippen LogP contribution in [0.3, 0.4) is 0 Å². The minimum absolute atomic E-state index is 0.111. The molecule has 10 heavy (non-hydrogen) atoms. The van der Waals surface area contributed by atoms with Crippen molar-refractivity contribution in [2.75, 3.05) is 0 Å². The molecule has 0 radical (unpaired) electrons. The molecule has 1 rings (SSSR count). The molecule has 0 aliphatic carbocycles. The number of nitrogens with one attached hydrogen (secondary N) is 2. The number of rotatable bonds is 0. The Morgan fingerprint density at radius 2 is 1.90 bits per heavy atom. The van der Waals surface area contributed by atoms with Gasteiger partial charge in [0.05, 0.1) is 5.56 Å². The van der Waals surface area contributed by atoms with Gasteiger partial charge >= 0.3 is 5.69 Å². The molecule has 2 N–H and O–H groups in total. The molecule has 0 aromatic carbocycles. The minimum Gasteiger partial charge on any atom is -0.283 e. The van der Waals surface area contributed by atoms with Gasteiger partial charge in [-0.05, 0) is 6.92 Å². The van der Waals surface area contributed by atoms with Crippen LogP contribution in [0.15, 0.2) is 9.59 Å². The Morgan fingerprint density at radius 1 is 1.30 bits per heavy atom. The van der Waals surface area contributed by atoms with Gasteiger partial charge in [-0.25, -0.2) is 4.79 Å². The maximum absolute atomic E-state index is 12.4. The molecule has 0 aliphatic heterocycles. The van der Waals surface area contributed by atoms with Gasteiger partial charge in [-0.2, -0.15) is 4.39 Å². The predicted molar refractivity (Wildman–Crippen MR) is 32.4 cm³/mol. The minimum atomic E-state index is -0.881. The molecule has 0 amide bonds. The quantitative estimate of drug-likeness (QED) is 0.482. The summed E-state index contributed by atoms with van der Waals surface area (Å²) < 4.78 is 12.4. The first-order valence-corrected chi connectivity index (χ1v) is 2.60. The monoisotopic (exact) mass is 144 g/mol. The first kappa shape index (κ1) is 6.73. The van der Waals surface area contributed by atoms with Crippen LogP contribution in [0.4, 0.5) is 4.39 Å². The van der Waals surface area contributed by atoms with Gasteiger partial charge in [-0.15, -0.1) is 0 Å². The van der Waals surface area contributed by atoms with E-state index in [1.807, 2.05) is 4.98 Å². The number of hydrogen-bond acceptors (Lipinski definition) is 2. The van der Waals surface area contributed by atoms with Crippen molar-refractivity contribution < 1.29 is 4.39 Å². The van der Waals surface area contributed by atoms with Gasteiger partial charge in [0.2, 0.25) is 5.95 Å². The fourth-order valence-electron chi connectivity index (χ4n) is 0.521. The number of halogens is 1. The van der Waals surface area contributed by atoms with Crippen LogP contribution in [0, 0.1) is 12.9 Å². The highest BCUT2D eigenvalue weighted by atomic mass is 19.1. The third-order valence-corrected chi connectivity index (χ3v) is 1.12. The molecule has 5 heteroatoms. The lowest BCUT2D eigenvalue weighted by atomic mass is 10.4. The molecule has 1 aromatic heterocycles. The Morgan fingerprint density at radius 3 is 2.40 bits per heavy atom. The second-order valence-electron chi connectivity index (χ2n) is 1.85. The second kappa shape index (κ2) is 2.09. The molecule has 0 atom stereocenters. The lowest BCUT2D eigenvalue weighted by Crippen LogP contribution is -2.25. The molecule has 4 nitrogen and oxygen atoms in total. The molecule has 0 unspecified atom stereocenters. The van der Waals surface area contributed by atoms with E-state index < -0.39 is 17.2 Å². The van der Waals surface area contributed by atoms with Crippen LogP contribution in [-0.2, 0) is 0 Å². The average Bonchev–Trinajstić information content (AvgIpc) is 1.82. The van der Waals surface area contributed by atoms with Crippen molar-refractivity contribution in [1.82, 2.24) is 9.97 Å². The molecule has 0 fully saturated rings. The lowest BCUT2D eigenvalue weighted by molar-refractivity contribution is 0.560. The molecular weight excluding hydrogens is 139 g/mol. The summed E-state index contributed by atoms with van der Waals surface area (Å²) >= 11 is 0. The Labute approximate surface area is 54.7 Å². The number of aromatic amines is 2. The van der Waals surface area contributed by atoms with E-state index in [-0.39, 0.29) is 5.56 Å². The van der Waals surface area contributed by atoms with Crippen LogP contribution < -0.4 is 11.2 Å². The van der Waals surface area contributed by atoms with Gasteiger partial charge < -0.3 is 0 Å². The van der Waals surface area contributed by atoms with E-state index in [0.29, 0.717) is 0 Å². The highest BCUT2D eigenvalue weighted by Gasteiger charge is 2.00. The van der Waals surface area contributed by atoms with Crippen LogP contribution in [0.25, 0.3) is 0 Å². The summed E-state index contributed by atoms with van der Waals surface area (Å²) in [5.41, 5.74) is -1.63. The van der Waals surface area contributed by atoms with E-state index in [4.69, 9.17) is 0 Å². The number of aromatic nitrogens is 2. The van der Waals surface area contributed by atoms with Crippen molar-refractivity contribution >= 4 is 0 Å². The standard InChI is InChI=1S/C5H5FN2O2/c1-2-3(6)7-5(10)8-4(2)9/h1H3,(H2,7,8,9,10). The van der Waals surface area contributed by atoms with Gasteiger partial charge in [-0.3, -0.25) is 14.8 Å². The fraction of sp³-hybridized carbons (Fsp3) is 0.200. The van der Waals surface area contributed by atoms with Crippen LogP contribution in [0.2, 0.25) is 0 Å². The normalized spacial score (nSPS) is 9.80. The Bertz CT molecular complexity index is 351. The maximum Gasteiger partial charge on any atom is 0.327 e. The largest absolute Gasteiger partial charge is 0.327 e. The van der Waals surface area contributed by atoms with Crippen molar-refractivity contribution in [2.45, 2.75) is 6.92 Å². The van der Waals surface area contributed by atoms with Crippen molar-refractivity contribution in [3.63, 3.8) is 0 Å². The van der Waals surface area contributed by atoms with E-state index in [0.717, 1.165) is 0 Å². The van der Waals surface area contributed by atoms with E-state index in [9.17, 15) is 14.0 Å². The van der Waals surface area contributed by atoms with E-state index in [1.165, 1.54) is 6.92 Å². The van der Waals surface area contributed by atoms with Gasteiger partial charge in [0.25, 0.3) is 5.56 Å². The summed E-state index contributed by atoms with van der Waals surface area (Å²) in [6, 6.07) is 0. The summed E-state index contributed by atoms with van der Waals surface area (Å²) in [6.45, 7) is 1.28. The lowest BCUT2D eigenvalue weighted by Gasteiger charge is -1.89. The first-order valence-electron chi connectivity index (χ1n) is 2.60. The molecule has 0 bridgehead atoms. The second-order valence-corrected chi connectivity index (χ2v) is 1.85. The molecule has 1 heterocycles. The molecule has 0 saturated carbocycles. The summed E-state index contributed by atoms with van der Waals surface area (Å²) in [4.78, 5) is 24.5. The topological polar surface area (TPSA) is 65.7 Å². The summed E-state index contributed by atoms with van der Waals surface area (Å²) in [5, 5.41) is 0. The van der Waals surface area contributed by atoms with E-state index >= 15 is 0 Å². The van der Waals surface area contributed by atoms with Gasteiger partial charge in [-0.1, -0.05) is 0 Å². The highest BCUT2D eigenvalue weighted by Crippen LogP contribution is 1.88. The molecule has 54 valence electrons. The van der Waals surface area contributed by atoms with Crippen LogP contribution in [0.5, 0.6) is 0 Å². The zero-order valence-corrected chi connectivity index (χ0v) is 5.19. The molecule has 0 saturated heterocycles. The van der Waals surface area contributed by atoms with Gasteiger partial charge in [0, 0.05) is 0 Å². The fourth-order valence-corrected chi connectivity index (χ4v) is 0.521. The molecule has 0 aliphatic rings. The van der Waals surface area contributed by atoms with E-state index in [2.05, 4.69) is 0 Å². The maximum atomic E-state index is 12.4. The summed E-state index contributed by atoms with van der Waals surface area (Å²) in [6.07, 6.45) is 0. The van der Waals surface area contributed by atoms with E-state index in [1.54, 1.807) is 4.98 Å². The number of H-pyrrole nitrogens is 2. The molecular formula is C5H5FN2O2. The molecule has 0 spiro atoms. The smallest absolute Gasteiger partial charge is 0.283 e.